The topological polar surface area (TPSA) is 46.2 Å². The molecule has 2 rings (SSSR count). The summed E-state index contributed by atoms with van der Waals surface area (Å²) in [4.78, 5) is 0. The minimum atomic E-state index is -3.14. The molecule has 1 unspecified atom stereocenters. The molecule has 88 valence electrons. The van der Waals surface area contributed by atoms with Crippen LogP contribution >= 0.6 is 0 Å². The van der Waals surface area contributed by atoms with Crippen LogP contribution < -0.4 is 4.72 Å². The number of nitrogens with one attached hydrogen (secondary N) is 1. The molecule has 1 saturated carbocycles. The largest absolute Gasteiger partial charge is 0.213 e. The predicted molar refractivity (Wildman–Crippen MR) is 64.6 cm³/mol. The van der Waals surface area contributed by atoms with E-state index in [1.54, 1.807) is 0 Å². The van der Waals surface area contributed by atoms with Crippen LogP contribution in [0.4, 0.5) is 0 Å². The molecule has 4 heteroatoms. The minimum absolute atomic E-state index is 0.0457. The average molecular weight is 239 g/mol. The zero-order valence-corrected chi connectivity index (χ0v) is 10.4. The second-order valence-corrected chi connectivity index (χ2v) is 6.40. The molecule has 1 aliphatic rings. The van der Waals surface area contributed by atoms with Crippen LogP contribution in [0, 0.1) is 12.8 Å². The van der Waals surface area contributed by atoms with Gasteiger partial charge in [0.15, 0.2) is 0 Å². The molecule has 1 aromatic carbocycles. The smallest absolute Gasteiger partial charge is 0.209 e. The van der Waals surface area contributed by atoms with Crippen molar-refractivity contribution < 1.29 is 8.42 Å². The average Bonchev–Trinajstić information content (AvgIpc) is 2.97. The first-order chi connectivity index (χ1) is 7.46. The molecule has 0 radical (unpaired) electrons. The van der Waals surface area contributed by atoms with E-state index in [1.807, 2.05) is 31.2 Å². The first-order valence-electron chi connectivity index (χ1n) is 5.49. The maximum absolute atomic E-state index is 11.3. The summed E-state index contributed by atoms with van der Waals surface area (Å²) in [7, 11) is -3.14. The van der Waals surface area contributed by atoms with Crippen LogP contribution in [0.3, 0.4) is 0 Å². The summed E-state index contributed by atoms with van der Waals surface area (Å²) in [5.74, 6) is 0.470. The van der Waals surface area contributed by atoms with Crippen LogP contribution in [-0.4, -0.2) is 14.7 Å². The van der Waals surface area contributed by atoms with E-state index in [4.69, 9.17) is 0 Å². The molecule has 0 spiro atoms. The van der Waals surface area contributed by atoms with E-state index >= 15 is 0 Å². The fourth-order valence-corrected chi connectivity index (χ4v) is 2.66. The Kier molecular flexibility index (Phi) is 3.04. The Morgan fingerprint density at radius 2 is 1.81 bits per heavy atom. The maximum atomic E-state index is 11.3. The van der Waals surface area contributed by atoms with Gasteiger partial charge in [-0.05, 0) is 31.2 Å². The van der Waals surface area contributed by atoms with E-state index in [1.165, 1.54) is 11.8 Å². The highest BCUT2D eigenvalue weighted by Gasteiger charge is 2.33. The molecule has 1 fully saturated rings. The highest BCUT2D eigenvalue weighted by Crippen LogP contribution is 2.41. The van der Waals surface area contributed by atoms with E-state index < -0.39 is 10.0 Å². The Morgan fingerprint density at radius 1 is 1.25 bits per heavy atom. The highest BCUT2D eigenvalue weighted by atomic mass is 32.2. The first kappa shape index (κ1) is 11.6. The van der Waals surface area contributed by atoms with Gasteiger partial charge in [-0.25, -0.2) is 13.1 Å². The van der Waals surface area contributed by atoms with Gasteiger partial charge < -0.3 is 0 Å². The van der Waals surface area contributed by atoms with Crippen LogP contribution in [-0.2, 0) is 10.0 Å². The maximum Gasteiger partial charge on any atom is 0.209 e. The van der Waals surface area contributed by atoms with E-state index in [2.05, 4.69) is 4.72 Å². The second-order valence-electron chi connectivity index (χ2n) is 4.62. The van der Waals surface area contributed by atoms with Crippen molar-refractivity contribution in [2.24, 2.45) is 5.92 Å². The molecule has 1 N–H and O–H groups in total. The standard InChI is InChI=1S/C12H17NO2S/c1-9-3-5-10(6-4-9)12(11-7-8-11)13-16(2,14)15/h3-6,11-13H,7-8H2,1-2H3. The number of hydrogen-bond donors (Lipinski definition) is 1. The van der Waals surface area contributed by atoms with Crippen LogP contribution in [0.2, 0.25) is 0 Å². The monoisotopic (exact) mass is 239 g/mol. The summed E-state index contributed by atoms with van der Waals surface area (Å²) < 4.78 is 25.3. The Hall–Kier alpha value is -0.870. The summed E-state index contributed by atoms with van der Waals surface area (Å²) >= 11 is 0. The lowest BCUT2D eigenvalue weighted by molar-refractivity contribution is 0.533. The fourth-order valence-electron chi connectivity index (χ4n) is 1.87. The Balaban J connectivity index is 2.22. The molecule has 0 amide bonds. The van der Waals surface area contributed by atoms with Crippen molar-refractivity contribution in [1.29, 1.82) is 0 Å². The molecule has 1 aliphatic carbocycles. The molecule has 0 aromatic heterocycles. The van der Waals surface area contributed by atoms with Gasteiger partial charge in [0.1, 0.15) is 0 Å². The van der Waals surface area contributed by atoms with Gasteiger partial charge in [-0.1, -0.05) is 29.8 Å². The predicted octanol–water partition coefficient (Wildman–Crippen LogP) is 2.00. The number of sulfonamides is 1. The van der Waals surface area contributed by atoms with Gasteiger partial charge in [0, 0.05) is 6.04 Å². The molecule has 16 heavy (non-hydrogen) atoms. The van der Waals surface area contributed by atoms with Crippen molar-refractivity contribution in [3.05, 3.63) is 35.4 Å². The quantitative estimate of drug-likeness (QED) is 0.873. The molecule has 0 bridgehead atoms. The fraction of sp³-hybridized carbons (Fsp3) is 0.500. The molecular weight excluding hydrogens is 222 g/mol. The van der Waals surface area contributed by atoms with Crippen LogP contribution in [0.1, 0.15) is 30.0 Å². The summed E-state index contributed by atoms with van der Waals surface area (Å²) in [5, 5.41) is 0. The summed E-state index contributed by atoms with van der Waals surface area (Å²) in [5.41, 5.74) is 2.26. The molecule has 1 atom stereocenters. The lowest BCUT2D eigenvalue weighted by Gasteiger charge is -2.17. The molecule has 3 nitrogen and oxygen atoms in total. The van der Waals surface area contributed by atoms with Crippen molar-refractivity contribution in [3.8, 4) is 0 Å². The van der Waals surface area contributed by atoms with Gasteiger partial charge in [-0.2, -0.15) is 0 Å². The zero-order valence-electron chi connectivity index (χ0n) is 9.60. The van der Waals surface area contributed by atoms with Crippen molar-refractivity contribution in [3.63, 3.8) is 0 Å². The first-order valence-corrected chi connectivity index (χ1v) is 7.39. The van der Waals surface area contributed by atoms with Gasteiger partial charge in [0.2, 0.25) is 10.0 Å². The third-order valence-electron chi connectivity index (χ3n) is 2.87. The van der Waals surface area contributed by atoms with Crippen molar-refractivity contribution >= 4 is 10.0 Å². The van der Waals surface area contributed by atoms with E-state index in [0.717, 1.165) is 18.4 Å². The van der Waals surface area contributed by atoms with Crippen molar-refractivity contribution in [1.82, 2.24) is 4.72 Å². The van der Waals surface area contributed by atoms with Crippen LogP contribution in [0.5, 0.6) is 0 Å². The second kappa shape index (κ2) is 4.18. The number of aryl methyl sites for hydroxylation is 1. The lowest BCUT2D eigenvalue weighted by atomic mass is 10.0. The third-order valence-corrected chi connectivity index (χ3v) is 3.55. The minimum Gasteiger partial charge on any atom is -0.213 e. The van der Waals surface area contributed by atoms with Gasteiger partial charge in [-0.15, -0.1) is 0 Å². The highest BCUT2D eigenvalue weighted by molar-refractivity contribution is 7.88. The molecule has 0 heterocycles. The summed E-state index contributed by atoms with van der Waals surface area (Å²) in [6.45, 7) is 2.03. The third kappa shape index (κ3) is 3.06. The Bertz CT molecular complexity index is 460. The number of hydrogen-bond acceptors (Lipinski definition) is 2. The lowest BCUT2D eigenvalue weighted by Crippen LogP contribution is -2.28. The summed E-state index contributed by atoms with van der Waals surface area (Å²) in [6.07, 6.45) is 3.44. The summed E-state index contributed by atoms with van der Waals surface area (Å²) in [6, 6.07) is 8.02. The molecular formula is C12H17NO2S. The van der Waals surface area contributed by atoms with E-state index in [9.17, 15) is 8.42 Å². The van der Waals surface area contributed by atoms with Crippen molar-refractivity contribution in [2.45, 2.75) is 25.8 Å². The van der Waals surface area contributed by atoms with Gasteiger partial charge >= 0.3 is 0 Å². The van der Waals surface area contributed by atoms with Gasteiger partial charge in [0.25, 0.3) is 0 Å². The van der Waals surface area contributed by atoms with E-state index in [0.29, 0.717) is 5.92 Å². The SMILES string of the molecule is Cc1ccc(C(NS(C)(=O)=O)C2CC2)cc1. The molecule has 0 saturated heterocycles. The van der Waals surface area contributed by atoms with Gasteiger partial charge in [-0.3, -0.25) is 0 Å². The Labute approximate surface area is 96.9 Å². The van der Waals surface area contributed by atoms with E-state index in [-0.39, 0.29) is 6.04 Å². The zero-order chi connectivity index (χ0) is 11.8. The normalized spacial score (nSPS) is 18.4. The number of benzene rings is 1. The van der Waals surface area contributed by atoms with Crippen molar-refractivity contribution in [2.75, 3.05) is 6.26 Å². The van der Waals surface area contributed by atoms with Gasteiger partial charge in [0.05, 0.1) is 6.26 Å². The molecule has 1 aromatic rings. The molecule has 0 aliphatic heterocycles. The van der Waals surface area contributed by atoms with Crippen LogP contribution in [0.25, 0.3) is 0 Å². The Morgan fingerprint density at radius 3 is 2.25 bits per heavy atom. The van der Waals surface area contributed by atoms with Crippen LogP contribution in [0.15, 0.2) is 24.3 Å². The number of rotatable bonds is 4.